The third kappa shape index (κ3) is 4.38. The summed E-state index contributed by atoms with van der Waals surface area (Å²) in [5.41, 5.74) is 3.60. The summed E-state index contributed by atoms with van der Waals surface area (Å²) in [6.07, 6.45) is 6.86. The Morgan fingerprint density at radius 1 is 1.12 bits per heavy atom. The number of carbonyl (C=O) groups excluding carboxylic acids is 1. The Kier molecular flexibility index (Phi) is 5.68. The van der Waals surface area contributed by atoms with E-state index < -0.39 is 0 Å². The third-order valence-corrected chi connectivity index (χ3v) is 4.29. The first-order valence-electron chi connectivity index (χ1n) is 8.70. The Morgan fingerprint density at radius 3 is 2.48 bits per heavy atom. The van der Waals surface area contributed by atoms with Gasteiger partial charge in [-0.15, -0.1) is 0 Å². The average molecular weight is 333 g/mol. The van der Waals surface area contributed by atoms with Crippen molar-refractivity contribution in [3.63, 3.8) is 0 Å². The molecule has 0 aliphatic carbocycles. The van der Waals surface area contributed by atoms with E-state index in [0.717, 1.165) is 12.0 Å². The first kappa shape index (κ1) is 17.0. The number of ether oxygens (including phenoxy) is 1. The van der Waals surface area contributed by atoms with Crippen LogP contribution >= 0.6 is 0 Å². The maximum atomic E-state index is 12.3. The molecule has 3 heteroatoms. The Hall–Kier alpha value is -2.81. The largest absolute Gasteiger partial charge is 0.450 e. The number of rotatable bonds is 4. The summed E-state index contributed by atoms with van der Waals surface area (Å²) < 4.78 is 5.23. The Balaban J connectivity index is 1.88. The Morgan fingerprint density at radius 2 is 1.80 bits per heavy atom. The van der Waals surface area contributed by atoms with Crippen LogP contribution in [0.3, 0.4) is 0 Å². The fourth-order valence-corrected chi connectivity index (χ4v) is 3.01. The third-order valence-electron chi connectivity index (χ3n) is 4.29. The summed E-state index contributed by atoms with van der Waals surface area (Å²) in [6, 6.07) is 20.3. The van der Waals surface area contributed by atoms with Crippen LogP contribution in [0.5, 0.6) is 0 Å². The molecule has 0 fully saturated rings. The van der Waals surface area contributed by atoms with Crippen molar-refractivity contribution in [1.82, 2.24) is 4.90 Å². The van der Waals surface area contributed by atoms with E-state index in [4.69, 9.17) is 4.74 Å². The predicted molar refractivity (Wildman–Crippen MR) is 102 cm³/mol. The standard InChI is InChI=1S/C22H23NO2/c1-2-25-22(24)23-16-15-20(19-11-7-4-8-12-19)17-21(23)14-13-18-9-5-3-6-10-18/h3-14,17,21H,2,15-16H2,1H3/b14-13+/t21-/m1/s1. The lowest BCUT2D eigenvalue weighted by atomic mass is 9.95. The number of benzene rings is 2. The topological polar surface area (TPSA) is 29.5 Å². The molecular formula is C22H23NO2. The molecule has 0 spiro atoms. The van der Waals surface area contributed by atoms with E-state index in [0.29, 0.717) is 13.2 Å². The zero-order chi connectivity index (χ0) is 17.5. The van der Waals surface area contributed by atoms with Crippen molar-refractivity contribution in [3.8, 4) is 0 Å². The molecule has 0 saturated carbocycles. The fraction of sp³-hybridized carbons (Fsp3) is 0.227. The quantitative estimate of drug-likeness (QED) is 0.787. The van der Waals surface area contributed by atoms with Crippen LogP contribution in [0.1, 0.15) is 24.5 Å². The van der Waals surface area contributed by atoms with Crippen LogP contribution in [0.15, 0.2) is 72.8 Å². The summed E-state index contributed by atoms with van der Waals surface area (Å²) >= 11 is 0. The molecule has 1 aliphatic heterocycles. The van der Waals surface area contributed by atoms with E-state index in [-0.39, 0.29) is 12.1 Å². The second-order valence-electron chi connectivity index (χ2n) is 5.96. The van der Waals surface area contributed by atoms with Crippen molar-refractivity contribution in [2.45, 2.75) is 19.4 Å². The van der Waals surface area contributed by atoms with Crippen LogP contribution in [-0.2, 0) is 4.74 Å². The van der Waals surface area contributed by atoms with Gasteiger partial charge in [-0.05, 0) is 30.0 Å². The van der Waals surface area contributed by atoms with Crippen LogP contribution in [0.2, 0.25) is 0 Å². The van der Waals surface area contributed by atoms with Crippen LogP contribution in [-0.4, -0.2) is 30.2 Å². The number of hydrogen-bond donors (Lipinski definition) is 0. The monoisotopic (exact) mass is 333 g/mol. The minimum Gasteiger partial charge on any atom is -0.450 e. The first-order chi connectivity index (χ1) is 12.3. The van der Waals surface area contributed by atoms with E-state index in [1.54, 1.807) is 4.90 Å². The molecule has 1 amide bonds. The smallest absolute Gasteiger partial charge is 0.410 e. The summed E-state index contributed by atoms with van der Waals surface area (Å²) in [5, 5.41) is 0. The van der Waals surface area contributed by atoms with E-state index in [9.17, 15) is 4.79 Å². The van der Waals surface area contributed by atoms with Crippen molar-refractivity contribution >= 4 is 17.7 Å². The maximum Gasteiger partial charge on any atom is 0.410 e. The van der Waals surface area contributed by atoms with Gasteiger partial charge in [-0.2, -0.15) is 0 Å². The molecule has 128 valence electrons. The SMILES string of the molecule is CCOC(=O)N1CCC(c2ccccc2)=C[C@H]1/C=C/c1ccccc1. The van der Waals surface area contributed by atoms with Gasteiger partial charge in [0, 0.05) is 6.54 Å². The molecule has 0 aromatic heterocycles. The zero-order valence-electron chi connectivity index (χ0n) is 14.5. The van der Waals surface area contributed by atoms with E-state index in [1.165, 1.54) is 11.1 Å². The van der Waals surface area contributed by atoms with Crippen molar-refractivity contribution < 1.29 is 9.53 Å². The lowest BCUT2D eigenvalue weighted by molar-refractivity contribution is 0.103. The molecule has 2 aromatic carbocycles. The van der Waals surface area contributed by atoms with Crippen molar-refractivity contribution in [3.05, 3.63) is 83.9 Å². The minimum absolute atomic E-state index is 0.108. The summed E-state index contributed by atoms with van der Waals surface area (Å²) in [7, 11) is 0. The van der Waals surface area contributed by atoms with E-state index in [1.807, 2.05) is 43.3 Å². The van der Waals surface area contributed by atoms with Gasteiger partial charge in [-0.1, -0.05) is 78.9 Å². The highest BCUT2D eigenvalue weighted by molar-refractivity contribution is 5.74. The second kappa shape index (κ2) is 8.34. The molecule has 0 N–H and O–H groups in total. The molecule has 0 unspecified atom stereocenters. The van der Waals surface area contributed by atoms with Gasteiger partial charge >= 0.3 is 6.09 Å². The van der Waals surface area contributed by atoms with Gasteiger partial charge in [-0.25, -0.2) is 4.79 Å². The van der Waals surface area contributed by atoms with Gasteiger partial charge < -0.3 is 4.74 Å². The molecule has 25 heavy (non-hydrogen) atoms. The Bertz CT molecular complexity index is 750. The molecule has 1 atom stereocenters. The van der Waals surface area contributed by atoms with Gasteiger partial charge in [0.25, 0.3) is 0 Å². The number of amides is 1. The van der Waals surface area contributed by atoms with Crippen molar-refractivity contribution in [2.24, 2.45) is 0 Å². The van der Waals surface area contributed by atoms with Crippen LogP contribution in [0, 0.1) is 0 Å². The second-order valence-corrected chi connectivity index (χ2v) is 5.96. The highest BCUT2D eigenvalue weighted by atomic mass is 16.6. The van der Waals surface area contributed by atoms with Gasteiger partial charge in [0.1, 0.15) is 0 Å². The van der Waals surface area contributed by atoms with Gasteiger partial charge in [-0.3, -0.25) is 4.90 Å². The maximum absolute atomic E-state index is 12.3. The molecule has 1 heterocycles. The van der Waals surface area contributed by atoms with Gasteiger partial charge in [0.15, 0.2) is 0 Å². The van der Waals surface area contributed by atoms with Crippen LogP contribution < -0.4 is 0 Å². The number of hydrogen-bond acceptors (Lipinski definition) is 2. The highest BCUT2D eigenvalue weighted by Crippen LogP contribution is 2.26. The Labute approximate surface area is 149 Å². The van der Waals surface area contributed by atoms with Crippen LogP contribution in [0.25, 0.3) is 11.6 Å². The summed E-state index contributed by atoms with van der Waals surface area (Å²) in [4.78, 5) is 14.1. The van der Waals surface area contributed by atoms with E-state index >= 15 is 0 Å². The predicted octanol–water partition coefficient (Wildman–Crippen LogP) is 5.01. The molecule has 3 rings (SSSR count). The first-order valence-corrected chi connectivity index (χ1v) is 8.70. The minimum atomic E-state index is -0.256. The number of carbonyl (C=O) groups is 1. The molecule has 2 aromatic rings. The van der Waals surface area contributed by atoms with Crippen LogP contribution in [0.4, 0.5) is 4.79 Å². The fourth-order valence-electron chi connectivity index (χ4n) is 3.01. The number of nitrogens with zero attached hydrogens (tertiary/aromatic N) is 1. The summed E-state index contributed by atoms with van der Waals surface area (Å²) in [5.74, 6) is 0. The lowest BCUT2D eigenvalue weighted by Gasteiger charge is -2.32. The molecule has 0 radical (unpaired) electrons. The van der Waals surface area contributed by atoms with Gasteiger partial charge in [0.05, 0.1) is 12.6 Å². The molecular weight excluding hydrogens is 310 g/mol. The summed E-state index contributed by atoms with van der Waals surface area (Å²) in [6.45, 7) is 2.88. The average Bonchev–Trinajstić information content (AvgIpc) is 2.68. The normalized spacial score (nSPS) is 17.4. The molecule has 1 aliphatic rings. The molecule has 0 bridgehead atoms. The lowest BCUT2D eigenvalue weighted by Crippen LogP contribution is -2.41. The van der Waals surface area contributed by atoms with E-state index in [2.05, 4.69) is 42.5 Å². The van der Waals surface area contributed by atoms with Crippen molar-refractivity contribution in [1.29, 1.82) is 0 Å². The molecule has 3 nitrogen and oxygen atoms in total. The van der Waals surface area contributed by atoms with Crippen molar-refractivity contribution in [2.75, 3.05) is 13.2 Å². The zero-order valence-corrected chi connectivity index (χ0v) is 14.5. The van der Waals surface area contributed by atoms with Gasteiger partial charge in [0.2, 0.25) is 0 Å². The highest BCUT2D eigenvalue weighted by Gasteiger charge is 2.26. The molecule has 0 saturated heterocycles.